The van der Waals surface area contributed by atoms with E-state index in [1.54, 1.807) is 23.2 Å². The van der Waals surface area contributed by atoms with Crippen molar-refractivity contribution in [1.29, 1.82) is 0 Å². The van der Waals surface area contributed by atoms with E-state index < -0.39 is 12.1 Å². The number of imide groups is 1. The van der Waals surface area contributed by atoms with Gasteiger partial charge >= 0.3 is 0 Å². The number of aryl methyl sites for hydroxylation is 1. The molecule has 2 amide bonds. The van der Waals surface area contributed by atoms with Gasteiger partial charge in [-0.25, -0.2) is 4.90 Å². The summed E-state index contributed by atoms with van der Waals surface area (Å²) in [5.41, 5.74) is 2.63. The van der Waals surface area contributed by atoms with Gasteiger partial charge in [0.25, 0.3) is 11.8 Å². The Morgan fingerprint density at radius 2 is 1.81 bits per heavy atom. The number of hydrogen-bond donors (Lipinski definition) is 0. The Labute approximate surface area is 156 Å². The van der Waals surface area contributed by atoms with Crippen LogP contribution in [0.1, 0.15) is 18.1 Å². The van der Waals surface area contributed by atoms with Crippen LogP contribution in [0, 0.1) is 0 Å². The Kier molecular flexibility index (Phi) is 4.20. The van der Waals surface area contributed by atoms with Crippen LogP contribution in [0.4, 0.5) is 5.69 Å². The second kappa shape index (κ2) is 6.53. The van der Waals surface area contributed by atoms with E-state index in [9.17, 15) is 9.59 Å². The van der Waals surface area contributed by atoms with E-state index in [2.05, 4.69) is 17.3 Å². The fraction of sp³-hybridized carbons (Fsp3) is 0.263. The minimum absolute atomic E-state index is 0.295. The summed E-state index contributed by atoms with van der Waals surface area (Å²) in [5.74, 6) is -0.627. The van der Waals surface area contributed by atoms with Gasteiger partial charge in [0.2, 0.25) is 0 Å². The van der Waals surface area contributed by atoms with Crippen LogP contribution in [0.3, 0.4) is 0 Å². The molecule has 0 N–H and O–H groups in total. The van der Waals surface area contributed by atoms with E-state index in [1.165, 1.54) is 4.90 Å². The van der Waals surface area contributed by atoms with Crippen LogP contribution in [0.2, 0.25) is 5.02 Å². The van der Waals surface area contributed by atoms with Crippen LogP contribution in [-0.4, -0.2) is 28.9 Å². The third-order valence-electron chi connectivity index (χ3n) is 4.69. The molecule has 26 heavy (non-hydrogen) atoms. The fourth-order valence-corrected chi connectivity index (χ4v) is 3.52. The molecule has 2 aromatic rings. The molecule has 0 aliphatic carbocycles. The van der Waals surface area contributed by atoms with Crippen LogP contribution >= 0.6 is 11.6 Å². The summed E-state index contributed by atoms with van der Waals surface area (Å²) < 4.78 is 0. The van der Waals surface area contributed by atoms with Gasteiger partial charge in [0.1, 0.15) is 0 Å². The minimum atomic E-state index is -0.785. The summed E-state index contributed by atoms with van der Waals surface area (Å²) in [6.07, 6.45) is 0.898. The van der Waals surface area contributed by atoms with Crippen LogP contribution in [0.25, 0.3) is 0 Å². The van der Waals surface area contributed by atoms with Crippen molar-refractivity contribution >= 4 is 29.1 Å². The van der Waals surface area contributed by atoms with Gasteiger partial charge in [-0.3, -0.25) is 14.6 Å². The summed E-state index contributed by atoms with van der Waals surface area (Å²) in [4.78, 5) is 26.9. The number of carbonyl (C=O) groups is 2. The Bertz CT molecular complexity index is 897. The molecule has 2 atom stereocenters. The predicted molar refractivity (Wildman–Crippen MR) is 97.7 cm³/mol. The summed E-state index contributed by atoms with van der Waals surface area (Å²) in [6, 6.07) is 13.3. The zero-order valence-electron chi connectivity index (χ0n) is 14.2. The van der Waals surface area contributed by atoms with Gasteiger partial charge in [-0.15, -0.1) is 0 Å². The van der Waals surface area contributed by atoms with Crippen molar-refractivity contribution in [3.05, 3.63) is 64.7 Å². The molecule has 0 radical (unpaired) electrons. The first-order valence-electron chi connectivity index (χ1n) is 8.47. The Morgan fingerprint density at radius 1 is 1.04 bits per heavy atom. The largest absolute Gasteiger partial charge is 0.271 e. The van der Waals surface area contributed by atoms with Crippen molar-refractivity contribution in [1.82, 2.24) is 5.01 Å². The first kappa shape index (κ1) is 16.7. The van der Waals surface area contributed by atoms with Gasteiger partial charge < -0.3 is 0 Å². The standard InChI is InChI=1S/C19H17ClN4O2/c1-2-12-6-8-15(9-7-12)24-18(25)16-17(19(24)26)23(22-21-16)11-13-4-3-5-14(20)10-13/h3-10,16-17H,2,11H2,1H3/t16-,17+/m1/s1. The maximum absolute atomic E-state index is 12.9. The maximum Gasteiger partial charge on any atom is 0.263 e. The fourth-order valence-electron chi connectivity index (χ4n) is 3.31. The van der Waals surface area contributed by atoms with E-state index >= 15 is 0 Å². The molecule has 4 rings (SSSR count). The molecule has 1 fully saturated rings. The molecule has 6 nitrogen and oxygen atoms in total. The quantitative estimate of drug-likeness (QED) is 0.777. The highest BCUT2D eigenvalue weighted by Gasteiger charge is 2.54. The van der Waals surface area contributed by atoms with Crippen LogP contribution in [0.15, 0.2) is 58.9 Å². The van der Waals surface area contributed by atoms with Gasteiger partial charge in [0.15, 0.2) is 12.1 Å². The number of amides is 2. The van der Waals surface area contributed by atoms with Crippen molar-refractivity contribution in [2.75, 3.05) is 4.90 Å². The second-order valence-electron chi connectivity index (χ2n) is 6.35. The molecular formula is C19H17ClN4O2. The smallest absolute Gasteiger partial charge is 0.263 e. The van der Waals surface area contributed by atoms with Crippen molar-refractivity contribution in [3.63, 3.8) is 0 Å². The third kappa shape index (κ3) is 2.76. The molecular weight excluding hydrogens is 352 g/mol. The van der Waals surface area contributed by atoms with E-state index in [0.717, 1.165) is 17.5 Å². The summed E-state index contributed by atoms with van der Waals surface area (Å²) in [5, 5.41) is 10.3. The van der Waals surface area contributed by atoms with Gasteiger partial charge in [-0.05, 0) is 41.8 Å². The van der Waals surface area contributed by atoms with Crippen molar-refractivity contribution < 1.29 is 9.59 Å². The lowest BCUT2D eigenvalue weighted by molar-refractivity contribution is -0.123. The molecule has 0 aromatic heterocycles. The van der Waals surface area contributed by atoms with Crippen LogP contribution in [-0.2, 0) is 22.6 Å². The Hall–Kier alpha value is -2.73. The van der Waals surface area contributed by atoms with Crippen molar-refractivity contribution in [2.24, 2.45) is 10.3 Å². The lowest BCUT2D eigenvalue weighted by atomic mass is 10.1. The lowest BCUT2D eigenvalue weighted by Gasteiger charge is -2.20. The monoisotopic (exact) mass is 368 g/mol. The molecule has 0 bridgehead atoms. The third-order valence-corrected chi connectivity index (χ3v) is 4.93. The minimum Gasteiger partial charge on any atom is -0.271 e. The molecule has 2 aliphatic heterocycles. The lowest BCUT2D eigenvalue weighted by Crippen LogP contribution is -2.39. The highest BCUT2D eigenvalue weighted by atomic mass is 35.5. The zero-order valence-corrected chi connectivity index (χ0v) is 14.9. The van der Waals surface area contributed by atoms with E-state index in [-0.39, 0.29) is 11.8 Å². The van der Waals surface area contributed by atoms with E-state index in [0.29, 0.717) is 17.3 Å². The molecule has 2 aromatic carbocycles. The van der Waals surface area contributed by atoms with E-state index in [1.807, 2.05) is 30.3 Å². The topological polar surface area (TPSA) is 65.3 Å². The van der Waals surface area contributed by atoms with Crippen molar-refractivity contribution in [3.8, 4) is 0 Å². The Morgan fingerprint density at radius 3 is 2.50 bits per heavy atom. The van der Waals surface area contributed by atoms with Gasteiger partial charge in [-0.2, -0.15) is 5.11 Å². The van der Waals surface area contributed by atoms with Crippen LogP contribution < -0.4 is 4.90 Å². The van der Waals surface area contributed by atoms with Gasteiger partial charge in [0.05, 0.1) is 12.2 Å². The molecule has 1 saturated heterocycles. The SMILES string of the molecule is CCc1ccc(N2C(=O)[C@@H]3[C@@H](N=NN3Cc3cccc(Cl)c3)C2=O)cc1. The van der Waals surface area contributed by atoms with Gasteiger partial charge in [0, 0.05) is 5.02 Å². The van der Waals surface area contributed by atoms with Gasteiger partial charge in [-0.1, -0.05) is 48.0 Å². The molecule has 0 saturated carbocycles. The number of anilines is 1. The van der Waals surface area contributed by atoms with E-state index in [4.69, 9.17) is 11.6 Å². The highest BCUT2D eigenvalue weighted by molar-refractivity contribution is 6.30. The molecule has 2 aliphatic rings. The molecule has 7 heteroatoms. The molecule has 0 spiro atoms. The number of nitrogens with zero attached hydrogens (tertiary/aromatic N) is 4. The number of rotatable bonds is 4. The number of hydrogen-bond acceptors (Lipinski definition) is 5. The first-order chi connectivity index (χ1) is 12.6. The summed E-state index contributed by atoms with van der Waals surface area (Å²) in [6.45, 7) is 2.42. The summed E-state index contributed by atoms with van der Waals surface area (Å²) in [7, 11) is 0. The highest BCUT2D eigenvalue weighted by Crippen LogP contribution is 2.33. The molecule has 2 heterocycles. The van der Waals surface area contributed by atoms with Crippen molar-refractivity contribution in [2.45, 2.75) is 32.0 Å². The average Bonchev–Trinajstić information content (AvgIpc) is 3.16. The normalized spacial score (nSPS) is 21.6. The molecule has 132 valence electrons. The number of halogens is 1. The summed E-state index contributed by atoms with van der Waals surface area (Å²) >= 11 is 6.02. The Balaban J connectivity index is 1.58. The zero-order chi connectivity index (χ0) is 18.3. The maximum atomic E-state index is 12.9. The first-order valence-corrected chi connectivity index (χ1v) is 8.85. The average molecular weight is 369 g/mol. The van der Waals surface area contributed by atoms with Crippen LogP contribution in [0.5, 0.6) is 0 Å². The number of benzene rings is 2. The second-order valence-corrected chi connectivity index (χ2v) is 6.79. The predicted octanol–water partition coefficient (Wildman–Crippen LogP) is 3.40. The number of fused-ring (bicyclic) bond motifs is 1. The molecule has 0 unspecified atom stereocenters. The number of carbonyl (C=O) groups excluding carboxylic acids is 2.